The first-order valence-electron chi connectivity index (χ1n) is 8.18. The molecule has 0 saturated carbocycles. The van der Waals surface area contributed by atoms with E-state index in [4.69, 9.17) is 5.14 Å². The van der Waals surface area contributed by atoms with E-state index < -0.39 is 31.2 Å². The number of sulfone groups is 1. The minimum atomic E-state index is -4.05. The second kappa shape index (κ2) is 6.97. The summed E-state index contributed by atoms with van der Waals surface area (Å²) in [6.07, 6.45) is 3.17. The van der Waals surface area contributed by atoms with Crippen LogP contribution in [0.3, 0.4) is 0 Å². The molecule has 27 heavy (non-hydrogen) atoms. The van der Waals surface area contributed by atoms with Gasteiger partial charge in [0.15, 0.2) is 9.84 Å². The maximum Gasteiger partial charge on any atom is 0.255 e. The number of hydrogen-bond acceptors (Lipinski definition) is 7. The number of fused-ring (bicyclic) bond motifs is 1. The molecule has 0 saturated heterocycles. The molecule has 3 heterocycles. The number of aromatic nitrogens is 1. The summed E-state index contributed by atoms with van der Waals surface area (Å²) < 4.78 is 48.6. The minimum absolute atomic E-state index is 0.0345. The van der Waals surface area contributed by atoms with Crippen LogP contribution in [0.1, 0.15) is 42.2 Å². The summed E-state index contributed by atoms with van der Waals surface area (Å²) in [6.45, 7) is 3.67. The van der Waals surface area contributed by atoms with Crippen LogP contribution in [0.25, 0.3) is 0 Å². The largest absolute Gasteiger partial charge is 0.332 e. The van der Waals surface area contributed by atoms with Crippen LogP contribution in [-0.2, 0) is 19.9 Å². The molecule has 0 aliphatic carbocycles. The maximum absolute atomic E-state index is 13.0. The summed E-state index contributed by atoms with van der Waals surface area (Å²) in [5, 5.41) is 4.44. The third kappa shape index (κ3) is 3.51. The number of carbonyl (C=O) groups is 1. The number of sulfonamides is 1. The van der Waals surface area contributed by atoms with Crippen molar-refractivity contribution in [1.82, 2.24) is 9.88 Å². The Hall–Kier alpha value is -1.82. The average Bonchev–Trinajstić information content (AvgIpc) is 3.08. The van der Waals surface area contributed by atoms with Crippen molar-refractivity contribution >= 4 is 37.1 Å². The Morgan fingerprint density at radius 3 is 2.70 bits per heavy atom. The number of pyridine rings is 1. The van der Waals surface area contributed by atoms with Crippen molar-refractivity contribution in [3.05, 3.63) is 41.7 Å². The molecule has 3 rings (SSSR count). The summed E-state index contributed by atoms with van der Waals surface area (Å²) >= 11 is 0.641. The van der Waals surface area contributed by atoms with Crippen LogP contribution < -0.4 is 5.14 Å². The minimum Gasteiger partial charge on any atom is -0.332 e. The van der Waals surface area contributed by atoms with E-state index in [2.05, 4.69) is 4.98 Å². The molecule has 0 bridgehead atoms. The molecule has 1 aliphatic heterocycles. The molecule has 146 valence electrons. The molecule has 2 aromatic heterocycles. The molecular weight excluding hydrogens is 410 g/mol. The van der Waals surface area contributed by atoms with Gasteiger partial charge in [-0.3, -0.25) is 9.78 Å². The van der Waals surface area contributed by atoms with E-state index in [1.54, 1.807) is 37.1 Å². The quantitative estimate of drug-likeness (QED) is 0.785. The summed E-state index contributed by atoms with van der Waals surface area (Å²) in [5.74, 6) is -0.295. The van der Waals surface area contributed by atoms with Crippen LogP contribution in [0.4, 0.5) is 0 Å². The molecule has 8 nitrogen and oxygen atoms in total. The number of primary sulfonamides is 1. The number of nitrogens with two attached hydrogens (primary N) is 1. The summed E-state index contributed by atoms with van der Waals surface area (Å²) in [4.78, 5) is 18.4. The lowest BCUT2D eigenvalue weighted by Gasteiger charge is -2.36. The molecular formula is C16H19N3O5S3. The number of nitrogens with zero attached hydrogens (tertiary/aromatic N) is 2. The van der Waals surface area contributed by atoms with E-state index in [0.717, 1.165) is 0 Å². The topological polar surface area (TPSA) is 128 Å². The monoisotopic (exact) mass is 429 g/mol. The van der Waals surface area contributed by atoms with Gasteiger partial charge >= 0.3 is 0 Å². The highest BCUT2D eigenvalue weighted by molar-refractivity contribution is 7.95. The standard InChI is InChI=1S/C16H19N3O5S3/c1-3-19(15(20)11-5-4-6-18-9-11)13-7-10(2)26(21,22)16-12(13)8-14(25-16)27(17,23)24/h4-6,8-10,13H,3,7H2,1-2H3,(H2,17,23,24). The Kier molecular flexibility index (Phi) is 5.14. The maximum atomic E-state index is 13.0. The first-order chi connectivity index (χ1) is 12.6. The fourth-order valence-corrected chi connectivity index (χ4v) is 7.56. The Morgan fingerprint density at radius 2 is 2.15 bits per heavy atom. The second-order valence-electron chi connectivity index (χ2n) is 6.29. The van der Waals surface area contributed by atoms with E-state index in [9.17, 15) is 21.6 Å². The second-order valence-corrected chi connectivity index (χ2v) is 11.7. The highest BCUT2D eigenvalue weighted by atomic mass is 32.3. The molecule has 2 atom stereocenters. The number of amides is 1. The predicted molar refractivity (Wildman–Crippen MR) is 101 cm³/mol. The average molecular weight is 430 g/mol. The Morgan fingerprint density at radius 1 is 1.44 bits per heavy atom. The highest BCUT2D eigenvalue weighted by Gasteiger charge is 2.42. The first kappa shape index (κ1) is 19.9. The van der Waals surface area contributed by atoms with Gasteiger partial charge < -0.3 is 4.90 Å². The molecule has 0 aromatic carbocycles. The van der Waals surface area contributed by atoms with Gasteiger partial charge in [-0.05, 0) is 38.5 Å². The summed E-state index contributed by atoms with van der Waals surface area (Å²) in [7, 11) is -7.73. The first-order valence-corrected chi connectivity index (χ1v) is 12.1. The van der Waals surface area contributed by atoms with Crippen molar-refractivity contribution in [3.8, 4) is 0 Å². The lowest BCUT2D eigenvalue weighted by molar-refractivity contribution is 0.0673. The van der Waals surface area contributed by atoms with Crippen LogP contribution in [0.5, 0.6) is 0 Å². The Balaban J connectivity index is 2.13. The van der Waals surface area contributed by atoms with Crippen molar-refractivity contribution < 1.29 is 21.6 Å². The molecule has 0 radical (unpaired) electrons. The number of carbonyl (C=O) groups excluding carboxylic acids is 1. The fourth-order valence-electron chi connectivity index (χ4n) is 3.17. The summed E-state index contributed by atoms with van der Waals surface area (Å²) in [6, 6.07) is 3.99. The van der Waals surface area contributed by atoms with E-state index >= 15 is 0 Å². The van der Waals surface area contributed by atoms with E-state index in [0.29, 0.717) is 29.0 Å². The zero-order valence-electron chi connectivity index (χ0n) is 14.7. The van der Waals surface area contributed by atoms with Gasteiger partial charge in [-0.2, -0.15) is 0 Å². The third-order valence-corrected chi connectivity index (χ3v) is 9.89. The van der Waals surface area contributed by atoms with Crippen molar-refractivity contribution in [3.63, 3.8) is 0 Å². The molecule has 0 spiro atoms. The number of rotatable bonds is 4. The number of hydrogen-bond donors (Lipinski definition) is 1. The Labute approximate surface area is 162 Å². The lowest BCUT2D eigenvalue weighted by atomic mass is 10.0. The zero-order chi connectivity index (χ0) is 20.0. The molecule has 2 unspecified atom stereocenters. The van der Waals surface area contributed by atoms with Gasteiger partial charge in [0.1, 0.15) is 8.42 Å². The van der Waals surface area contributed by atoms with E-state index in [-0.39, 0.29) is 20.7 Å². The van der Waals surface area contributed by atoms with E-state index in [1.807, 2.05) is 0 Å². The molecule has 11 heteroatoms. The lowest BCUT2D eigenvalue weighted by Crippen LogP contribution is -2.40. The van der Waals surface area contributed by atoms with Gasteiger partial charge in [0.2, 0.25) is 10.0 Å². The Bertz CT molecular complexity index is 1080. The van der Waals surface area contributed by atoms with Gasteiger partial charge in [0.05, 0.1) is 16.9 Å². The number of thiophene rings is 1. The summed E-state index contributed by atoms with van der Waals surface area (Å²) in [5.41, 5.74) is 0.685. The molecule has 1 aliphatic rings. The molecule has 2 aromatic rings. The molecule has 1 amide bonds. The normalized spacial score (nSPS) is 21.4. The third-order valence-electron chi connectivity index (χ3n) is 4.57. The van der Waals surface area contributed by atoms with Crippen molar-refractivity contribution in [2.75, 3.05) is 6.54 Å². The van der Waals surface area contributed by atoms with Crippen molar-refractivity contribution in [1.29, 1.82) is 0 Å². The van der Waals surface area contributed by atoms with Gasteiger partial charge in [0, 0.05) is 24.5 Å². The van der Waals surface area contributed by atoms with E-state index in [1.165, 1.54) is 12.3 Å². The highest BCUT2D eigenvalue weighted by Crippen LogP contribution is 2.45. The zero-order valence-corrected chi connectivity index (χ0v) is 17.1. The van der Waals surface area contributed by atoms with Gasteiger partial charge in [0.25, 0.3) is 5.91 Å². The van der Waals surface area contributed by atoms with Gasteiger partial charge in [-0.25, -0.2) is 22.0 Å². The van der Waals surface area contributed by atoms with Crippen LogP contribution in [0.15, 0.2) is 39.0 Å². The van der Waals surface area contributed by atoms with Crippen LogP contribution in [-0.4, -0.2) is 44.4 Å². The smallest absolute Gasteiger partial charge is 0.255 e. The van der Waals surface area contributed by atoms with Crippen LogP contribution >= 0.6 is 11.3 Å². The predicted octanol–water partition coefficient (Wildman–Crippen LogP) is 1.56. The molecule has 2 N–H and O–H groups in total. The van der Waals surface area contributed by atoms with Gasteiger partial charge in [-0.1, -0.05) is 0 Å². The SMILES string of the molecule is CCN(C(=O)c1cccnc1)C1CC(C)S(=O)(=O)c2sc(S(N)(=O)=O)cc21. The van der Waals surface area contributed by atoms with Crippen LogP contribution in [0, 0.1) is 0 Å². The fraction of sp³-hybridized carbons (Fsp3) is 0.375. The van der Waals surface area contributed by atoms with Gasteiger partial charge in [-0.15, -0.1) is 11.3 Å². The van der Waals surface area contributed by atoms with Crippen molar-refractivity contribution in [2.24, 2.45) is 5.14 Å². The van der Waals surface area contributed by atoms with Crippen LogP contribution in [0.2, 0.25) is 0 Å². The van der Waals surface area contributed by atoms with Crippen molar-refractivity contribution in [2.45, 2.75) is 40.0 Å². The molecule has 0 fully saturated rings.